The maximum Gasteiger partial charge on any atom is 0.169 e. The molecule has 0 aliphatic carbocycles. The lowest BCUT2D eigenvalue weighted by atomic mass is 9.95. The Labute approximate surface area is 193 Å². The van der Waals surface area contributed by atoms with Gasteiger partial charge in [-0.05, 0) is 6.42 Å². The first-order valence-corrected chi connectivity index (χ1v) is 13.6. The van der Waals surface area contributed by atoms with Gasteiger partial charge < -0.3 is 15.3 Å². The molecule has 0 aliphatic heterocycles. The maximum absolute atomic E-state index is 11.8. The van der Waals surface area contributed by atoms with E-state index in [-0.39, 0.29) is 6.42 Å². The third-order valence-electron chi connectivity index (χ3n) is 6.55. The molecule has 0 amide bonds. The number of carbonyl (C=O) groups is 1. The Hall–Kier alpha value is -0.450. The third kappa shape index (κ3) is 18.8. The molecule has 0 rings (SSSR count). The molecule has 0 heterocycles. The van der Waals surface area contributed by atoms with E-state index in [0.717, 1.165) is 19.3 Å². The Morgan fingerprint density at radius 1 is 0.516 bits per heavy atom. The van der Waals surface area contributed by atoms with Gasteiger partial charge >= 0.3 is 0 Å². The highest BCUT2D eigenvalue weighted by atomic mass is 16.4. The van der Waals surface area contributed by atoms with E-state index in [9.17, 15) is 9.90 Å². The van der Waals surface area contributed by atoms with Crippen LogP contribution in [0.15, 0.2) is 0 Å². The molecule has 186 valence electrons. The van der Waals surface area contributed by atoms with E-state index in [1.54, 1.807) is 0 Å². The molecule has 4 nitrogen and oxygen atoms in total. The summed E-state index contributed by atoms with van der Waals surface area (Å²) in [5, 5.41) is 27.7. The van der Waals surface area contributed by atoms with Gasteiger partial charge in [0.2, 0.25) is 0 Å². The maximum atomic E-state index is 11.8. The van der Waals surface area contributed by atoms with Crippen molar-refractivity contribution in [3.8, 4) is 0 Å². The Bertz CT molecular complexity index is 379. The van der Waals surface area contributed by atoms with E-state index in [2.05, 4.69) is 6.92 Å². The van der Waals surface area contributed by atoms with E-state index < -0.39 is 24.6 Å². The second kappa shape index (κ2) is 22.7. The van der Waals surface area contributed by atoms with E-state index in [4.69, 9.17) is 10.2 Å². The van der Waals surface area contributed by atoms with Crippen LogP contribution < -0.4 is 0 Å². The fourth-order valence-electron chi connectivity index (χ4n) is 4.18. The number of carbonyl (C=O) groups excluding carboxylic acids is 1. The number of hydrogen-bond donors (Lipinski definition) is 3. The van der Waals surface area contributed by atoms with Crippen LogP contribution in [0.1, 0.15) is 148 Å². The molecule has 0 bridgehead atoms. The number of rotatable bonds is 25. The summed E-state index contributed by atoms with van der Waals surface area (Å²) in [6, 6.07) is 0. The van der Waals surface area contributed by atoms with Crippen LogP contribution >= 0.6 is 0 Å². The molecule has 0 aromatic carbocycles. The number of unbranched alkanes of at least 4 members (excludes halogenated alkanes) is 20. The lowest BCUT2D eigenvalue weighted by Gasteiger charge is -2.21. The average Bonchev–Trinajstić information content (AvgIpc) is 2.79. The monoisotopic (exact) mass is 442 g/mol. The van der Waals surface area contributed by atoms with Crippen LogP contribution in [0.25, 0.3) is 0 Å². The summed E-state index contributed by atoms with van der Waals surface area (Å²) < 4.78 is 0. The molecule has 0 saturated carbocycles. The molecule has 0 atom stereocenters. The van der Waals surface area contributed by atoms with Crippen molar-refractivity contribution in [3.63, 3.8) is 0 Å². The van der Waals surface area contributed by atoms with Crippen molar-refractivity contribution in [1.82, 2.24) is 0 Å². The van der Waals surface area contributed by atoms with Crippen molar-refractivity contribution >= 4 is 5.78 Å². The largest absolute Gasteiger partial charge is 0.393 e. The van der Waals surface area contributed by atoms with Crippen molar-refractivity contribution in [3.05, 3.63) is 0 Å². The molecule has 0 saturated heterocycles. The van der Waals surface area contributed by atoms with Crippen LogP contribution in [-0.2, 0) is 4.79 Å². The smallest absolute Gasteiger partial charge is 0.169 e. The Kier molecular flexibility index (Phi) is 22.4. The highest BCUT2D eigenvalue weighted by molar-refractivity contribution is 5.87. The summed E-state index contributed by atoms with van der Waals surface area (Å²) in [5.74, 6) is -0.449. The van der Waals surface area contributed by atoms with Crippen LogP contribution in [0.4, 0.5) is 0 Å². The van der Waals surface area contributed by atoms with Gasteiger partial charge in [-0.15, -0.1) is 0 Å². The zero-order valence-electron chi connectivity index (χ0n) is 20.7. The van der Waals surface area contributed by atoms with Crippen LogP contribution in [0.5, 0.6) is 0 Å². The van der Waals surface area contributed by atoms with Crippen LogP contribution in [0.3, 0.4) is 0 Å². The third-order valence-corrected chi connectivity index (χ3v) is 6.55. The summed E-state index contributed by atoms with van der Waals surface area (Å²) >= 11 is 0. The summed E-state index contributed by atoms with van der Waals surface area (Å²) in [7, 11) is 0. The SMILES string of the molecule is CCCCCCCCCCCCCCCCCCCCCCCC(=O)C(O)(CO)CO. The molecular weight excluding hydrogens is 388 g/mol. The highest BCUT2D eigenvalue weighted by Crippen LogP contribution is 2.16. The van der Waals surface area contributed by atoms with E-state index in [1.165, 1.54) is 116 Å². The summed E-state index contributed by atoms with van der Waals surface area (Å²) in [6.07, 6.45) is 28.0. The predicted octanol–water partition coefficient (Wildman–Crippen LogP) is 6.87. The Balaban J connectivity index is 3.20. The van der Waals surface area contributed by atoms with Crippen molar-refractivity contribution < 1.29 is 20.1 Å². The first-order valence-electron chi connectivity index (χ1n) is 13.6. The lowest BCUT2D eigenvalue weighted by molar-refractivity contribution is -0.146. The summed E-state index contributed by atoms with van der Waals surface area (Å²) in [5.41, 5.74) is -1.95. The fourth-order valence-corrected chi connectivity index (χ4v) is 4.18. The quantitative estimate of drug-likeness (QED) is 0.135. The Morgan fingerprint density at radius 2 is 0.774 bits per heavy atom. The molecule has 3 N–H and O–H groups in total. The molecule has 0 unspecified atom stereocenters. The molecule has 31 heavy (non-hydrogen) atoms. The van der Waals surface area contributed by atoms with Crippen LogP contribution in [0.2, 0.25) is 0 Å². The van der Waals surface area contributed by atoms with E-state index >= 15 is 0 Å². The zero-order valence-corrected chi connectivity index (χ0v) is 20.7. The Morgan fingerprint density at radius 3 is 1.03 bits per heavy atom. The van der Waals surface area contributed by atoms with Crippen LogP contribution in [0, 0.1) is 0 Å². The van der Waals surface area contributed by atoms with Gasteiger partial charge in [0, 0.05) is 6.42 Å². The van der Waals surface area contributed by atoms with Gasteiger partial charge in [-0.25, -0.2) is 0 Å². The van der Waals surface area contributed by atoms with Gasteiger partial charge in [0.25, 0.3) is 0 Å². The molecule has 0 spiro atoms. The molecule has 0 radical (unpaired) electrons. The minimum Gasteiger partial charge on any atom is -0.393 e. The summed E-state index contributed by atoms with van der Waals surface area (Å²) in [6.45, 7) is 0.866. The number of Topliss-reactive ketones (excluding diaryl/α,β-unsaturated/α-hetero) is 1. The number of aliphatic hydroxyl groups is 3. The average molecular weight is 443 g/mol. The van der Waals surface area contributed by atoms with Crippen molar-refractivity contribution in [2.75, 3.05) is 13.2 Å². The normalized spacial score (nSPS) is 11.9. The van der Waals surface area contributed by atoms with Gasteiger partial charge in [0.05, 0.1) is 13.2 Å². The van der Waals surface area contributed by atoms with Gasteiger partial charge in [0.15, 0.2) is 11.4 Å². The standard InChI is InChI=1S/C27H54O4/c1-2-3-4-5-6-7-8-9-10-11-12-13-14-15-16-17-18-19-20-21-22-23-26(30)27(31,24-28)25-29/h28-29,31H,2-25H2,1H3. The number of hydrogen-bond acceptors (Lipinski definition) is 4. The van der Waals surface area contributed by atoms with Gasteiger partial charge in [-0.3, -0.25) is 4.79 Å². The van der Waals surface area contributed by atoms with Gasteiger partial charge in [-0.1, -0.05) is 135 Å². The van der Waals surface area contributed by atoms with E-state index in [0.29, 0.717) is 0 Å². The van der Waals surface area contributed by atoms with E-state index in [1.807, 2.05) is 0 Å². The van der Waals surface area contributed by atoms with Crippen LogP contribution in [-0.4, -0.2) is 39.9 Å². The van der Waals surface area contributed by atoms with Crippen molar-refractivity contribution in [2.45, 2.75) is 154 Å². The topological polar surface area (TPSA) is 77.8 Å². The molecule has 0 aliphatic rings. The van der Waals surface area contributed by atoms with Crippen molar-refractivity contribution in [1.29, 1.82) is 0 Å². The zero-order chi connectivity index (χ0) is 23.0. The van der Waals surface area contributed by atoms with Crippen molar-refractivity contribution in [2.24, 2.45) is 0 Å². The molecule has 0 aromatic rings. The summed E-state index contributed by atoms with van der Waals surface area (Å²) in [4.78, 5) is 11.8. The second-order valence-electron chi connectivity index (χ2n) is 9.59. The fraction of sp³-hybridized carbons (Fsp3) is 0.963. The minimum atomic E-state index is -1.95. The molecule has 0 aromatic heterocycles. The predicted molar refractivity (Wildman–Crippen MR) is 131 cm³/mol. The number of ketones is 1. The first kappa shape index (κ1) is 30.6. The number of aliphatic hydroxyl groups excluding tert-OH is 2. The molecular formula is C27H54O4. The minimum absolute atomic E-state index is 0.233. The second-order valence-corrected chi connectivity index (χ2v) is 9.59. The van der Waals surface area contributed by atoms with Gasteiger partial charge in [0.1, 0.15) is 0 Å². The lowest BCUT2D eigenvalue weighted by Crippen LogP contribution is -2.45. The highest BCUT2D eigenvalue weighted by Gasteiger charge is 2.33. The molecule has 0 fully saturated rings. The van der Waals surface area contributed by atoms with Gasteiger partial charge in [-0.2, -0.15) is 0 Å². The first-order chi connectivity index (χ1) is 15.1. The molecule has 4 heteroatoms.